The molecule has 0 aromatic rings. The Bertz CT molecular complexity index is 313. The molecular formula is C10H18N2O2S. The predicted molar refractivity (Wildman–Crippen MR) is 59.2 cm³/mol. The predicted octanol–water partition coefficient (Wildman–Crippen LogP) is 0.801. The van der Waals surface area contributed by atoms with Gasteiger partial charge in [0.15, 0.2) is 9.84 Å². The lowest BCUT2D eigenvalue weighted by Gasteiger charge is -2.13. The Morgan fingerprint density at radius 3 is 2.47 bits per heavy atom. The van der Waals surface area contributed by atoms with Crippen LogP contribution in [0, 0.1) is 11.3 Å². The minimum absolute atomic E-state index is 0.161. The van der Waals surface area contributed by atoms with Crippen molar-refractivity contribution in [2.75, 3.05) is 31.1 Å². The highest BCUT2D eigenvalue weighted by molar-refractivity contribution is 7.91. The van der Waals surface area contributed by atoms with E-state index >= 15 is 0 Å². The maximum atomic E-state index is 11.5. The maximum Gasteiger partial charge on any atom is 0.151 e. The second-order valence-electron chi connectivity index (χ2n) is 3.96. The lowest BCUT2D eigenvalue weighted by atomic mass is 10.4. The van der Waals surface area contributed by atoms with E-state index in [0.29, 0.717) is 19.4 Å². The molecular weight excluding hydrogens is 212 g/mol. The number of hydrogen-bond donors (Lipinski definition) is 0. The van der Waals surface area contributed by atoms with Crippen LogP contribution >= 0.6 is 0 Å². The number of nitrogens with zero attached hydrogens (tertiary/aromatic N) is 2. The summed E-state index contributed by atoms with van der Waals surface area (Å²) in [6, 6.07) is 1.96. The van der Waals surface area contributed by atoms with Gasteiger partial charge in [-0.15, -0.1) is 0 Å². The van der Waals surface area contributed by atoms with E-state index in [2.05, 4.69) is 4.90 Å². The zero-order chi connectivity index (χ0) is 11.1. The van der Waals surface area contributed by atoms with Crippen LogP contribution < -0.4 is 0 Å². The summed E-state index contributed by atoms with van der Waals surface area (Å²) in [5.74, 6) is 0.410. The molecule has 1 saturated heterocycles. The van der Waals surface area contributed by atoms with Crippen molar-refractivity contribution >= 4 is 9.84 Å². The van der Waals surface area contributed by atoms with E-state index in [0.717, 1.165) is 13.1 Å². The molecule has 0 atom stereocenters. The van der Waals surface area contributed by atoms with Crippen LogP contribution in [-0.2, 0) is 9.84 Å². The van der Waals surface area contributed by atoms with Gasteiger partial charge in [-0.05, 0) is 32.4 Å². The summed E-state index contributed by atoms with van der Waals surface area (Å²) in [4.78, 5) is 2.20. The van der Waals surface area contributed by atoms with Gasteiger partial charge in [0, 0.05) is 13.0 Å². The molecule has 0 radical (unpaired) electrons. The third-order valence-electron chi connectivity index (χ3n) is 2.66. The van der Waals surface area contributed by atoms with E-state index in [1.807, 2.05) is 6.07 Å². The Hall–Kier alpha value is -0.600. The monoisotopic (exact) mass is 230 g/mol. The molecule has 0 spiro atoms. The molecule has 15 heavy (non-hydrogen) atoms. The van der Waals surface area contributed by atoms with Gasteiger partial charge in [-0.25, -0.2) is 8.42 Å². The molecule has 0 saturated carbocycles. The highest BCUT2D eigenvalue weighted by Crippen LogP contribution is 2.07. The largest absolute Gasteiger partial charge is 0.302 e. The average molecular weight is 230 g/mol. The van der Waals surface area contributed by atoms with E-state index in [4.69, 9.17) is 5.26 Å². The Morgan fingerprint density at radius 1 is 1.20 bits per heavy atom. The average Bonchev–Trinajstić information content (AvgIpc) is 2.68. The standard InChI is InChI=1S/C10H18N2O2S/c11-5-1-4-9-15(13,14)10-8-12-6-2-3-7-12/h1-4,6-10H2. The van der Waals surface area contributed by atoms with E-state index in [1.165, 1.54) is 12.8 Å². The summed E-state index contributed by atoms with van der Waals surface area (Å²) < 4.78 is 23.1. The van der Waals surface area contributed by atoms with E-state index in [9.17, 15) is 8.42 Å². The fraction of sp³-hybridized carbons (Fsp3) is 0.900. The van der Waals surface area contributed by atoms with Crippen LogP contribution in [0.15, 0.2) is 0 Å². The van der Waals surface area contributed by atoms with Gasteiger partial charge in [0.1, 0.15) is 0 Å². The molecule has 0 aliphatic carbocycles. The molecule has 1 aliphatic rings. The third-order valence-corrected chi connectivity index (χ3v) is 4.38. The Kier molecular flexibility index (Phi) is 5.06. The molecule has 0 bridgehead atoms. The van der Waals surface area contributed by atoms with Crippen LogP contribution in [0.3, 0.4) is 0 Å². The number of nitriles is 1. The van der Waals surface area contributed by atoms with E-state index in [1.54, 1.807) is 0 Å². The second kappa shape index (κ2) is 6.09. The Morgan fingerprint density at radius 2 is 1.87 bits per heavy atom. The maximum absolute atomic E-state index is 11.5. The summed E-state index contributed by atoms with van der Waals surface area (Å²) in [5, 5.41) is 8.31. The first-order valence-electron chi connectivity index (χ1n) is 5.44. The second-order valence-corrected chi connectivity index (χ2v) is 6.27. The van der Waals surface area contributed by atoms with Crippen LogP contribution in [0.2, 0.25) is 0 Å². The number of likely N-dealkylation sites (tertiary alicyclic amines) is 1. The van der Waals surface area contributed by atoms with Crippen molar-refractivity contribution < 1.29 is 8.42 Å². The van der Waals surface area contributed by atoms with Crippen molar-refractivity contribution in [1.29, 1.82) is 5.26 Å². The summed E-state index contributed by atoms with van der Waals surface area (Å²) in [7, 11) is -2.93. The van der Waals surface area contributed by atoms with Gasteiger partial charge in [0.2, 0.25) is 0 Å². The molecule has 0 aromatic heterocycles. The zero-order valence-corrected chi connectivity index (χ0v) is 9.80. The smallest absolute Gasteiger partial charge is 0.151 e. The summed E-state index contributed by atoms with van der Waals surface area (Å²) >= 11 is 0. The van der Waals surface area contributed by atoms with Gasteiger partial charge >= 0.3 is 0 Å². The van der Waals surface area contributed by atoms with Gasteiger partial charge in [-0.3, -0.25) is 0 Å². The number of sulfone groups is 1. The number of unbranched alkanes of at least 4 members (excludes halogenated alkanes) is 1. The summed E-state index contributed by atoms with van der Waals surface area (Å²) in [6.45, 7) is 2.73. The number of rotatable bonds is 6. The normalized spacial score (nSPS) is 17.8. The number of hydrogen-bond acceptors (Lipinski definition) is 4. The lowest BCUT2D eigenvalue weighted by Crippen LogP contribution is -2.27. The molecule has 0 aromatic carbocycles. The molecule has 1 fully saturated rings. The third kappa shape index (κ3) is 5.14. The Balaban J connectivity index is 2.20. The first-order valence-corrected chi connectivity index (χ1v) is 7.26. The molecule has 0 unspecified atom stereocenters. The molecule has 1 heterocycles. The molecule has 5 heteroatoms. The summed E-state index contributed by atoms with van der Waals surface area (Å²) in [5.41, 5.74) is 0. The quantitative estimate of drug-likeness (QED) is 0.633. The zero-order valence-electron chi connectivity index (χ0n) is 8.98. The fourth-order valence-electron chi connectivity index (χ4n) is 1.75. The van der Waals surface area contributed by atoms with Crippen LogP contribution in [0.1, 0.15) is 25.7 Å². The van der Waals surface area contributed by atoms with Crippen molar-refractivity contribution in [3.63, 3.8) is 0 Å². The van der Waals surface area contributed by atoms with Gasteiger partial charge < -0.3 is 4.90 Å². The van der Waals surface area contributed by atoms with Crippen LogP contribution in [0.25, 0.3) is 0 Å². The van der Waals surface area contributed by atoms with Crippen LogP contribution in [0.4, 0.5) is 0 Å². The first kappa shape index (κ1) is 12.5. The van der Waals surface area contributed by atoms with Crippen molar-refractivity contribution in [2.24, 2.45) is 0 Å². The van der Waals surface area contributed by atoms with Gasteiger partial charge in [-0.1, -0.05) is 0 Å². The molecule has 1 aliphatic heterocycles. The van der Waals surface area contributed by atoms with Crippen molar-refractivity contribution in [1.82, 2.24) is 4.90 Å². The van der Waals surface area contributed by atoms with Crippen molar-refractivity contribution in [3.8, 4) is 6.07 Å². The highest BCUT2D eigenvalue weighted by Gasteiger charge is 2.16. The van der Waals surface area contributed by atoms with Crippen molar-refractivity contribution in [2.45, 2.75) is 25.7 Å². The van der Waals surface area contributed by atoms with E-state index in [-0.39, 0.29) is 11.5 Å². The highest BCUT2D eigenvalue weighted by atomic mass is 32.2. The summed E-state index contributed by atoms with van der Waals surface area (Å²) in [6.07, 6.45) is 3.19. The topological polar surface area (TPSA) is 61.2 Å². The lowest BCUT2D eigenvalue weighted by molar-refractivity contribution is 0.359. The fourth-order valence-corrected chi connectivity index (χ4v) is 3.07. The Labute approximate surface area is 91.8 Å². The molecule has 86 valence electrons. The minimum Gasteiger partial charge on any atom is -0.302 e. The SMILES string of the molecule is N#CCCCS(=O)(=O)CCN1CCCC1. The molecule has 1 rings (SSSR count). The van der Waals surface area contributed by atoms with Gasteiger partial charge in [0.25, 0.3) is 0 Å². The molecule has 0 amide bonds. The van der Waals surface area contributed by atoms with E-state index < -0.39 is 9.84 Å². The van der Waals surface area contributed by atoms with Gasteiger partial charge in [-0.2, -0.15) is 5.26 Å². The van der Waals surface area contributed by atoms with Crippen molar-refractivity contribution in [3.05, 3.63) is 0 Å². The molecule has 4 nitrogen and oxygen atoms in total. The van der Waals surface area contributed by atoms with Crippen LogP contribution in [-0.4, -0.2) is 44.5 Å². The first-order chi connectivity index (χ1) is 7.14. The minimum atomic E-state index is -2.93. The van der Waals surface area contributed by atoms with Gasteiger partial charge in [0.05, 0.1) is 17.6 Å². The van der Waals surface area contributed by atoms with Crippen LogP contribution in [0.5, 0.6) is 0 Å². The molecule has 0 N–H and O–H groups in total.